The lowest BCUT2D eigenvalue weighted by atomic mass is 10.0. The molecule has 2 aliphatic rings. The number of imide groups is 1. The van der Waals surface area contributed by atoms with Crippen molar-refractivity contribution in [2.75, 3.05) is 6.54 Å². The summed E-state index contributed by atoms with van der Waals surface area (Å²) >= 11 is 0.921. The van der Waals surface area contributed by atoms with Crippen LogP contribution in [0.4, 0.5) is 18.0 Å². The molecule has 2 aliphatic heterocycles. The monoisotopic (exact) mass is 424 g/mol. The third-order valence-corrected chi connectivity index (χ3v) is 4.91. The van der Waals surface area contributed by atoms with E-state index in [1.54, 1.807) is 5.32 Å². The van der Waals surface area contributed by atoms with Crippen LogP contribution in [0.5, 0.6) is 0 Å². The van der Waals surface area contributed by atoms with Gasteiger partial charge in [0.2, 0.25) is 3.42 Å². The Morgan fingerprint density at radius 1 is 1.38 bits per heavy atom. The van der Waals surface area contributed by atoms with Crippen molar-refractivity contribution in [3.8, 4) is 0 Å². The summed E-state index contributed by atoms with van der Waals surface area (Å²) in [5, 5.41) is 20.9. The first-order valence-electron chi connectivity index (χ1n) is 5.88. The Morgan fingerprint density at radius 2 is 1.95 bits per heavy atom. The van der Waals surface area contributed by atoms with Crippen LogP contribution < -0.4 is 5.32 Å². The molecule has 0 aromatic heterocycles. The predicted molar refractivity (Wildman–Crippen MR) is 69.4 cm³/mol. The van der Waals surface area contributed by atoms with E-state index in [4.69, 9.17) is 4.74 Å². The van der Waals surface area contributed by atoms with Crippen LogP contribution in [0, 0.1) is 0 Å². The lowest BCUT2D eigenvalue weighted by Gasteiger charge is -2.41. The number of carbonyl (C=O) groups is 2. The number of alkyl halides is 4. The summed E-state index contributed by atoms with van der Waals surface area (Å²) in [6.07, 6.45) is -10.1. The molecule has 7 nitrogen and oxygen atoms in total. The Kier molecular flexibility index (Phi) is 4.14. The van der Waals surface area contributed by atoms with E-state index < -0.39 is 52.6 Å². The van der Waals surface area contributed by atoms with Gasteiger partial charge in [-0.15, -0.1) is 0 Å². The average Bonchev–Trinajstić information content (AvgIpc) is 2.60. The van der Waals surface area contributed by atoms with E-state index in [1.165, 1.54) is 6.92 Å². The van der Waals surface area contributed by atoms with Crippen LogP contribution in [0.15, 0.2) is 0 Å². The molecular formula is C10H12F3IN2O5. The molecule has 0 radical (unpaired) electrons. The highest BCUT2D eigenvalue weighted by Crippen LogP contribution is 2.42. The second kappa shape index (κ2) is 5.21. The van der Waals surface area contributed by atoms with Crippen LogP contribution in [0.3, 0.4) is 0 Å². The Morgan fingerprint density at radius 3 is 2.38 bits per heavy atom. The van der Waals surface area contributed by atoms with Gasteiger partial charge in [-0.05, 0) is 6.92 Å². The smallest absolute Gasteiger partial charge is 0.388 e. The molecule has 3 N–H and O–H groups in total. The fourth-order valence-corrected chi connectivity index (χ4v) is 2.66. The second-order valence-electron chi connectivity index (χ2n) is 4.90. The summed E-state index contributed by atoms with van der Waals surface area (Å²) in [7, 11) is 0. The third-order valence-electron chi connectivity index (χ3n) is 3.46. The SMILES string of the molecule is C[C@H]1O[C@@H](N2CC(I)(C(F)(F)F)C(=O)NC2=O)[C@H](O)[C@@H]1O. The molecule has 3 amide bonds. The van der Waals surface area contributed by atoms with Crippen LogP contribution in [0.1, 0.15) is 6.92 Å². The van der Waals surface area contributed by atoms with Crippen LogP contribution in [0.25, 0.3) is 0 Å². The van der Waals surface area contributed by atoms with E-state index in [2.05, 4.69) is 0 Å². The molecule has 21 heavy (non-hydrogen) atoms. The number of aliphatic hydroxyl groups is 2. The Bertz CT molecular complexity index is 476. The van der Waals surface area contributed by atoms with Crippen molar-refractivity contribution in [1.82, 2.24) is 10.2 Å². The minimum Gasteiger partial charge on any atom is -0.388 e. The van der Waals surface area contributed by atoms with Crippen LogP contribution in [-0.4, -0.2) is 67.7 Å². The molecule has 2 fully saturated rings. The highest BCUT2D eigenvalue weighted by molar-refractivity contribution is 14.1. The van der Waals surface area contributed by atoms with Gasteiger partial charge in [0.25, 0.3) is 5.91 Å². The predicted octanol–water partition coefficient (Wildman–Crippen LogP) is -0.259. The Balaban J connectivity index is 2.29. The highest BCUT2D eigenvalue weighted by Gasteiger charge is 2.64. The topological polar surface area (TPSA) is 99.1 Å². The molecule has 5 atom stereocenters. The van der Waals surface area contributed by atoms with Crippen molar-refractivity contribution in [2.45, 2.75) is 41.1 Å². The van der Waals surface area contributed by atoms with Crippen LogP contribution in [0.2, 0.25) is 0 Å². The Hall–Kier alpha value is -0.660. The van der Waals surface area contributed by atoms with Crippen molar-refractivity contribution in [3.05, 3.63) is 0 Å². The summed E-state index contributed by atoms with van der Waals surface area (Å²) in [5.41, 5.74) is 0. The second-order valence-corrected chi connectivity index (χ2v) is 6.74. The summed E-state index contributed by atoms with van der Waals surface area (Å²) < 4.78 is 41.4. The van der Waals surface area contributed by atoms with Crippen molar-refractivity contribution < 1.29 is 37.7 Å². The molecule has 0 aliphatic carbocycles. The molecule has 0 aromatic rings. The maximum absolute atomic E-state index is 13.1. The fraction of sp³-hybridized carbons (Fsp3) is 0.800. The summed E-state index contributed by atoms with van der Waals surface area (Å²) in [6.45, 7) is 0.394. The average molecular weight is 424 g/mol. The van der Waals surface area contributed by atoms with E-state index >= 15 is 0 Å². The fourth-order valence-electron chi connectivity index (χ4n) is 2.16. The number of aliphatic hydroxyl groups excluding tert-OH is 2. The summed E-state index contributed by atoms with van der Waals surface area (Å²) in [5.74, 6) is -1.47. The zero-order chi connectivity index (χ0) is 16.2. The van der Waals surface area contributed by atoms with Gasteiger partial charge in [-0.25, -0.2) is 4.79 Å². The first-order valence-corrected chi connectivity index (χ1v) is 6.96. The van der Waals surface area contributed by atoms with Crippen molar-refractivity contribution in [1.29, 1.82) is 0 Å². The molecule has 0 aromatic carbocycles. The molecule has 120 valence electrons. The number of rotatable bonds is 1. The van der Waals surface area contributed by atoms with E-state index in [9.17, 15) is 33.0 Å². The quantitative estimate of drug-likeness (QED) is 0.398. The number of amides is 3. The molecule has 2 rings (SSSR count). The molecule has 0 spiro atoms. The first-order chi connectivity index (χ1) is 9.49. The number of hydrogen-bond donors (Lipinski definition) is 3. The molecule has 1 unspecified atom stereocenters. The number of nitrogens with one attached hydrogen (secondary N) is 1. The molecule has 2 heterocycles. The molecular weight excluding hydrogens is 412 g/mol. The van der Waals surface area contributed by atoms with Gasteiger partial charge < -0.3 is 14.9 Å². The lowest BCUT2D eigenvalue weighted by Crippen LogP contribution is -2.69. The summed E-state index contributed by atoms with van der Waals surface area (Å²) in [4.78, 5) is 23.8. The number of halogens is 4. The molecule has 0 bridgehead atoms. The van der Waals surface area contributed by atoms with Gasteiger partial charge in [0, 0.05) is 0 Å². The van der Waals surface area contributed by atoms with Gasteiger partial charge in [0.1, 0.15) is 12.2 Å². The maximum Gasteiger partial charge on any atom is 0.413 e. The Labute approximate surface area is 130 Å². The van der Waals surface area contributed by atoms with Crippen molar-refractivity contribution in [3.63, 3.8) is 0 Å². The van der Waals surface area contributed by atoms with Gasteiger partial charge in [0.15, 0.2) is 6.23 Å². The maximum atomic E-state index is 13.1. The first kappa shape index (κ1) is 16.7. The van der Waals surface area contributed by atoms with Crippen molar-refractivity contribution >= 4 is 34.5 Å². The number of nitrogens with zero attached hydrogens (tertiary/aromatic N) is 1. The zero-order valence-electron chi connectivity index (χ0n) is 10.6. The van der Waals surface area contributed by atoms with E-state index in [0.717, 1.165) is 22.6 Å². The standard InChI is InChI=1S/C10H12F3IN2O5/c1-3-4(17)5(18)6(21-3)16-2-9(14,10(11,12)13)7(19)15-8(16)20/h3-6,17-18H,2H2,1H3,(H,15,19,20)/t3-,4-,5-,6-,9?/m1/s1. The molecule has 2 saturated heterocycles. The van der Waals surface area contributed by atoms with E-state index in [1.807, 2.05) is 0 Å². The number of urea groups is 1. The molecule has 0 saturated carbocycles. The minimum absolute atomic E-state index is 0.568. The zero-order valence-corrected chi connectivity index (χ0v) is 12.8. The van der Waals surface area contributed by atoms with E-state index in [-0.39, 0.29) is 0 Å². The van der Waals surface area contributed by atoms with Gasteiger partial charge in [-0.1, -0.05) is 22.6 Å². The lowest BCUT2D eigenvalue weighted by molar-refractivity contribution is -0.178. The van der Waals surface area contributed by atoms with Gasteiger partial charge >= 0.3 is 12.2 Å². The summed E-state index contributed by atoms with van der Waals surface area (Å²) in [6, 6.07) is -1.11. The third kappa shape index (κ3) is 2.59. The van der Waals surface area contributed by atoms with Crippen molar-refractivity contribution in [2.24, 2.45) is 0 Å². The normalized spacial score (nSPS) is 41.4. The van der Waals surface area contributed by atoms with E-state index in [0.29, 0.717) is 4.90 Å². The van der Waals surface area contributed by atoms with Crippen LogP contribution >= 0.6 is 22.6 Å². The molecule has 11 heteroatoms. The number of carbonyl (C=O) groups excluding carboxylic acids is 2. The van der Waals surface area contributed by atoms with Gasteiger partial charge in [-0.3, -0.25) is 15.0 Å². The number of ether oxygens (including phenoxy) is 1. The minimum atomic E-state index is -4.90. The van der Waals surface area contributed by atoms with Crippen LogP contribution in [-0.2, 0) is 9.53 Å². The van der Waals surface area contributed by atoms with Gasteiger partial charge in [0.05, 0.1) is 12.6 Å². The largest absolute Gasteiger partial charge is 0.413 e. The highest BCUT2D eigenvalue weighted by atomic mass is 127. The number of hydrogen-bond acceptors (Lipinski definition) is 5. The van der Waals surface area contributed by atoms with Gasteiger partial charge in [-0.2, -0.15) is 13.2 Å².